The molecule has 0 spiro atoms. The molecule has 1 amide bonds. The molecular formula is C18H14N2O2. The Morgan fingerprint density at radius 2 is 1.64 bits per heavy atom. The Hall–Kier alpha value is -2.88. The molecule has 1 N–H and O–H groups in total. The molecule has 4 heteroatoms. The summed E-state index contributed by atoms with van der Waals surface area (Å²) in [6, 6.07) is 17.8. The number of aryl methyl sites for hydroxylation is 1. The number of nitrogens with zero attached hydrogens (tertiary/aromatic N) is 1. The van der Waals surface area contributed by atoms with Gasteiger partial charge >= 0.3 is 0 Å². The van der Waals surface area contributed by atoms with Crippen LogP contribution in [-0.2, 0) is 4.79 Å². The van der Waals surface area contributed by atoms with Gasteiger partial charge in [0.05, 0.1) is 5.92 Å². The molecular weight excluding hydrogens is 276 g/mol. The van der Waals surface area contributed by atoms with Crippen molar-refractivity contribution in [2.24, 2.45) is 0 Å². The quantitative estimate of drug-likeness (QED) is 0.782. The summed E-state index contributed by atoms with van der Waals surface area (Å²) >= 11 is 0. The zero-order valence-electron chi connectivity index (χ0n) is 12.0. The van der Waals surface area contributed by atoms with Gasteiger partial charge in [-0.3, -0.25) is 4.79 Å². The summed E-state index contributed by atoms with van der Waals surface area (Å²) in [4.78, 5) is 12.8. The number of carbonyl (C=O) groups excluding carboxylic acids is 1. The number of amides is 1. The van der Waals surface area contributed by atoms with Crippen molar-refractivity contribution in [2.45, 2.75) is 12.8 Å². The summed E-state index contributed by atoms with van der Waals surface area (Å²) < 4.78 is 5.00. The van der Waals surface area contributed by atoms with Crippen molar-refractivity contribution in [2.75, 3.05) is 5.32 Å². The molecule has 0 bridgehead atoms. The van der Waals surface area contributed by atoms with Gasteiger partial charge in [-0.05, 0) is 29.2 Å². The number of carbonyl (C=O) groups is 1. The standard InChI is InChI=1S/C18H14N2O2/c1-11-10-16(20-22-11)19-18(21)17-14-8-4-2-6-12(14)13-7-3-5-9-15(13)17/h2-10,17H,1H3,(H,19,20,21). The van der Waals surface area contributed by atoms with Crippen LogP contribution in [0, 0.1) is 6.92 Å². The van der Waals surface area contributed by atoms with Gasteiger partial charge in [-0.25, -0.2) is 0 Å². The number of fused-ring (bicyclic) bond motifs is 3. The van der Waals surface area contributed by atoms with Crippen molar-refractivity contribution in [3.63, 3.8) is 0 Å². The largest absolute Gasteiger partial charge is 0.360 e. The maximum Gasteiger partial charge on any atom is 0.237 e. The van der Waals surface area contributed by atoms with E-state index >= 15 is 0 Å². The second kappa shape index (κ2) is 4.84. The maximum absolute atomic E-state index is 12.8. The fourth-order valence-electron chi connectivity index (χ4n) is 3.06. The van der Waals surface area contributed by atoms with E-state index in [0.717, 1.165) is 22.3 Å². The molecule has 108 valence electrons. The molecule has 4 rings (SSSR count). The monoisotopic (exact) mass is 290 g/mol. The van der Waals surface area contributed by atoms with Crippen LogP contribution in [0.3, 0.4) is 0 Å². The van der Waals surface area contributed by atoms with E-state index in [1.54, 1.807) is 13.0 Å². The second-order valence-electron chi connectivity index (χ2n) is 5.42. The SMILES string of the molecule is Cc1cc(NC(=O)C2c3ccccc3-c3ccccc32)no1. The summed E-state index contributed by atoms with van der Waals surface area (Å²) in [5.41, 5.74) is 4.30. The Kier molecular flexibility index (Phi) is 2.82. The summed E-state index contributed by atoms with van der Waals surface area (Å²) in [6.45, 7) is 1.79. The third-order valence-corrected chi connectivity index (χ3v) is 3.98. The van der Waals surface area contributed by atoms with Crippen LogP contribution >= 0.6 is 0 Å². The van der Waals surface area contributed by atoms with Crippen LogP contribution in [0.5, 0.6) is 0 Å². The van der Waals surface area contributed by atoms with Gasteiger partial charge in [0.15, 0.2) is 5.82 Å². The second-order valence-corrected chi connectivity index (χ2v) is 5.42. The predicted molar refractivity (Wildman–Crippen MR) is 83.6 cm³/mol. The Bertz CT molecular complexity index is 821. The zero-order valence-corrected chi connectivity index (χ0v) is 12.0. The summed E-state index contributed by atoms with van der Waals surface area (Å²) in [7, 11) is 0. The number of nitrogens with one attached hydrogen (secondary N) is 1. The van der Waals surface area contributed by atoms with Crippen molar-refractivity contribution >= 4 is 11.7 Å². The van der Waals surface area contributed by atoms with Crippen LogP contribution in [0.25, 0.3) is 11.1 Å². The lowest BCUT2D eigenvalue weighted by molar-refractivity contribution is -0.116. The Morgan fingerprint density at radius 1 is 1.05 bits per heavy atom. The number of rotatable bonds is 2. The average molecular weight is 290 g/mol. The molecule has 0 aliphatic heterocycles. The van der Waals surface area contributed by atoms with Crippen LogP contribution in [0.15, 0.2) is 59.1 Å². The third kappa shape index (κ3) is 1.92. The van der Waals surface area contributed by atoms with Gasteiger partial charge in [0.25, 0.3) is 0 Å². The highest BCUT2D eigenvalue weighted by molar-refractivity contribution is 6.02. The minimum absolute atomic E-state index is 0.0919. The van der Waals surface area contributed by atoms with E-state index < -0.39 is 0 Å². The Labute approximate surface area is 127 Å². The van der Waals surface area contributed by atoms with Crippen molar-refractivity contribution < 1.29 is 9.32 Å². The van der Waals surface area contributed by atoms with Gasteiger partial charge in [-0.2, -0.15) is 0 Å². The number of anilines is 1. The van der Waals surface area contributed by atoms with E-state index in [1.807, 2.05) is 36.4 Å². The van der Waals surface area contributed by atoms with Gasteiger partial charge in [-0.1, -0.05) is 53.7 Å². The lowest BCUT2D eigenvalue weighted by atomic mass is 9.96. The molecule has 0 saturated carbocycles. The molecule has 4 nitrogen and oxygen atoms in total. The smallest absolute Gasteiger partial charge is 0.237 e. The molecule has 1 heterocycles. The molecule has 1 aliphatic carbocycles. The van der Waals surface area contributed by atoms with Crippen molar-refractivity contribution in [1.29, 1.82) is 0 Å². The third-order valence-electron chi connectivity index (χ3n) is 3.98. The fraction of sp³-hybridized carbons (Fsp3) is 0.111. The zero-order chi connectivity index (χ0) is 15.1. The van der Waals surface area contributed by atoms with Crippen LogP contribution in [0.4, 0.5) is 5.82 Å². The first-order valence-corrected chi connectivity index (χ1v) is 7.16. The van der Waals surface area contributed by atoms with E-state index in [4.69, 9.17) is 4.52 Å². The van der Waals surface area contributed by atoms with Crippen molar-refractivity contribution in [3.05, 3.63) is 71.5 Å². The minimum Gasteiger partial charge on any atom is -0.360 e. The Balaban J connectivity index is 1.76. The maximum atomic E-state index is 12.8. The number of hydrogen-bond acceptors (Lipinski definition) is 3. The molecule has 1 aliphatic rings. The molecule has 2 aromatic carbocycles. The highest BCUT2D eigenvalue weighted by atomic mass is 16.5. The molecule has 1 aromatic heterocycles. The van der Waals surface area contributed by atoms with Crippen LogP contribution in [0.2, 0.25) is 0 Å². The molecule has 3 aromatic rings. The minimum atomic E-state index is -0.315. The van der Waals surface area contributed by atoms with Crippen molar-refractivity contribution in [3.8, 4) is 11.1 Å². The summed E-state index contributed by atoms with van der Waals surface area (Å²) in [5, 5.41) is 6.67. The molecule has 0 saturated heterocycles. The number of aromatic nitrogens is 1. The molecule has 0 unspecified atom stereocenters. The normalized spacial score (nSPS) is 12.8. The van der Waals surface area contributed by atoms with E-state index in [-0.39, 0.29) is 11.8 Å². The van der Waals surface area contributed by atoms with Crippen molar-refractivity contribution in [1.82, 2.24) is 5.16 Å². The Morgan fingerprint density at radius 3 is 2.18 bits per heavy atom. The topological polar surface area (TPSA) is 55.1 Å². The summed E-state index contributed by atoms with van der Waals surface area (Å²) in [6.07, 6.45) is 0. The number of hydrogen-bond donors (Lipinski definition) is 1. The predicted octanol–water partition coefficient (Wildman–Crippen LogP) is 3.73. The highest BCUT2D eigenvalue weighted by Crippen LogP contribution is 2.44. The highest BCUT2D eigenvalue weighted by Gasteiger charge is 2.33. The van der Waals surface area contributed by atoms with Gasteiger partial charge < -0.3 is 9.84 Å². The lowest BCUT2D eigenvalue weighted by Gasteiger charge is -2.12. The van der Waals surface area contributed by atoms with Crippen LogP contribution in [0.1, 0.15) is 22.8 Å². The van der Waals surface area contributed by atoms with Gasteiger partial charge in [0, 0.05) is 6.07 Å². The van der Waals surface area contributed by atoms with E-state index in [1.165, 1.54) is 0 Å². The molecule has 0 fully saturated rings. The first-order valence-electron chi connectivity index (χ1n) is 7.16. The van der Waals surface area contributed by atoms with Gasteiger partial charge in [0.2, 0.25) is 5.91 Å². The average Bonchev–Trinajstić information content (AvgIpc) is 3.08. The molecule has 0 atom stereocenters. The van der Waals surface area contributed by atoms with Gasteiger partial charge in [0.1, 0.15) is 5.76 Å². The van der Waals surface area contributed by atoms with E-state index in [9.17, 15) is 4.79 Å². The lowest BCUT2D eigenvalue weighted by Crippen LogP contribution is -2.20. The van der Waals surface area contributed by atoms with E-state index in [0.29, 0.717) is 11.6 Å². The fourth-order valence-corrected chi connectivity index (χ4v) is 3.06. The van der Waals surface area contributed by atoms with Crippen LogP contribution < -0.4 is 5.32 Å². The first-order chi connectivity index (χ1) is 10.7. The number of benzene rings is 2. The first kappa shape index (κ1) is 12.8. The molecule has 0 radical (unpaired) electrons. The van der Waals surface area contributed by atoms with Gasteiger partial charge in [-0.15, -0.1) is 0 Å². The molecule has 22 heavy (non-hydrogen) atoms. The van der Waals surface area contributed by atoms with E-state index in [2.05, 4.69) is 22.6 Å². The summed E-state index contributed by atoms with van der Waals surface area (Å²) in [5.74, 6) is 0.710. The van der Waals surface area contributed by atoms with Crippen LogP contribution in [-0.4, -0.2) is 11.1 Å².